The zero-order chi connectivity index (χ0) is 13.0. The van der Waals surface area contributed by atoms with Crippen molar-refractivity contribution in [1.29, 1.82) is 0 Å². The van der Waals surface area contributed by atoms with Crippen LogP contribution in [0.25, 0.3) is 0 Å². The third kappa shape index (κ3) is 3.23. The second-order valence-corrected chi connectivity index (χ2v) is 3.77. The van der Waals surface area contributed by atoms with Crippen molar-refractivity contribution in [2.24, 2.45) is 0 Å². The van der Waals surface area contributed by atoms with Crippen LogP contribution in [0.3, 0.4) is 0 Å². The van der Waals surface area contributed by atoms with Crippen molar-refractivity contribution in [3.63, 3.8) is 0 Å². The molecular formula is C10H7BrF2O4. The van der Waals surface area contributed by atoms with Crippen LogP contribution in [0.15, 0.2) is 16.6 Å². The second kappa shape index (κ2) is 5.72. The van der Waals surface area contributed by atoms with Crippen LogP contribution in [0.4, 0.5) is 8.78 Å². The fraction of sp³-hybridized carbons (Fsp3) is 0.200. The van der Waals surface area contributed by atoms with Crippen molar-refractivity contribution in [3.05, 3.63) is 27.7 Å². The normalized spacial score (nSPS) is 10.2. The average molecular weight is 309 g/mol. The Kier molecular flexibility index (Phi) is 4.56. The summed E-state index contributed by atoms with van der Waals surface area (Å²) < 4.78 is 33.2. The highest BCUT2D eigenvalue weighted by molar-refractivity contribution is 9.10. The molecule has 0 unspecified atom stereocenters. The van der Waals surface area contributed by atoms with Gasteiger partial charge in [-0.1, -0.05) is 15.9 Å². The molecule has 4 nitrogen and oxygen atoms in total. The molecule has 0 N–H and O–H groups in total. The van der Waals surface area contributed by atoms with Crippen molar-refractivity contribution in [3.8, 4) is 5.75 Å². The van der Waals surface area contributed by atoms with E-state index in [1.54, 1.807) is 0 Å². The van der Waals surface area contributed by atoms with Gasteiger partial charge in [0.2, 0.25) is 0 Å². The topological polar surface area (TPSA) is 52.6 Å². The number of methoxy groups -OCH3 is 1. The minimum atomic E-state index is -3.10. The van der Waals surface area contributed by atoms with Crippen LogP contribution in [0.1, 0.15) is 20.7 Å². The van der Waals surface area contributed by atoms with E-state index in [9.17, 15) is 18.4 Å². The van der Waals surface area contributed by atoms with E-state index in [-0.39, 0.29) is 11.1 Å². The van der Waals surface area contributed by atoms with E-state index in [0.29, 0.717) is 10.8 Å². The molecule has 0 saturated carbocycles. The van der Waals surface area contributed by atoms with Gasteiger partial charge in [-0.15, -0.1) is 0 Å². The van der Waals surface area contributed by atoms with Gasteiger partial charge in [-0.3, -0.25) is 4.79 Å². The maximum Gasteiger partial charge on any atom is 0.387 e. The highest BCUT2D eigenvalue weighted by atomic mass is 79.9. The Morgan fingerprint density at radius 1 is 1.47 bits per heavy atom. The molecule has 0 aliphatic rings. The van der Waals surface area contributed by atoms with E-state index < -0.39 is 18.3 Å². The molecule has 0 radical (unpaired) electrons. The van der Waals surface area contributed by atoms with Crippen LogP contribution in [-0.2, 0) is 4.74 Å². The summed E-state index contributed by atoms with van der Waals surface area (Å²) in [7, 11) is 1.07. The van der Waals surface area contributed by atoms with Crippen molar-refractivity contribution in [2.45, 2.75) is 6.61 Å². The zero-order valence-electron chi connectivity index (χ0n) is 8.58. The van der Waals surface area contributed by atoms with Gasteiger partial charge < -0.3 is 9.47 Å². The van der Waals surface area contributed by atoms with Gasteiger partial charge >= 0.3 is 12.6 Å². The molecule has 0 aromatic heterocycles. The Morgan fingerprint density at radius 2 is 2.12 bits per heavy atom. The third-order valence-corrected chi connectivity index (χ3v) is 2.29. The molecular weight excluding hydrogens is 302 g/mol. The van der Waals surface area contributed by atoms with Crippen LogP contribution < -0.4 is 4.74 Å². The smallest absolute Gasteiger partial charge is 0.387 e. The monoisotopic (exact) mass is 308 g/mol. The largest absolute Gasteiger partial charge is 0.465 e. The number of halogens is 3. The number of hydrogen-bond acceptors (Lipinski definition) is 4. The fourth-order valence-electron chi connectivity index (χ4n) is 1.20. The molecule has 0 aliphatic carbocycles. The van der Waals surface area contributed by atoms with Gasteiger partial charge in [-0.25, -0.2) is 4.79 Å². The summed E-state index contributed by atoms with van der Waals surface area (Å²) >= 11 is 3.01. The SMILES string of the molecule is COC(=O)c1c(C=O)cc(Br)cc1OC(F)F. The van der Waals surface area contributed by atoms with E-state index in [0.717, 1.165) is 13.2 Å². The Morgan fingerprint density at radius 3 is 2.59 bits per heavy atom. The fourth-order valence-corrected chi connectivity index (χ4v) is 1.66. The highest BCUT2D eigenvalue weighted by Gasteiger charge is 2.21. The molecule has 1 aromatic carbocycles. The van der Waals surface area contributed by atoms with E-state index >= 15 is 0 Å². The molecule has 0 aliphatic heterocycles. The van der Waals surface area contributed by atoms with Gasteiger partial charge in [0.05, 0.1) is 7.11 Å². The first kappa shape index (κ1) is 13.6. The molecule has 0 heterocycles. The lowest BCUT2D eigenvalue weighted by atomic mass is 10.1. The predicted molar refractivity (Wildman–Crippen MR) is 57.5 cm³/mol. The molecule has 0 saturated heterocycles. The van der Waals surface area contributed by atoms with Crippen molar-refractivity contribution >= 4 is 28.2 Å². The van der Waals surface area contributed by atoms with E-state index in [2.05, 4.69) is 25.4 Å². The average Bonchev–Trinajstić information content (AvgIpc) is 2.26. The minimum Gasteiger partial charge on any atom is -0.465 e. The summed E-state index contributed by atoms with van der Waals surface area (Å²) in [4.78, 5) is 22.2. The quantitative estimate of drug-likeness (QED) is 0.634. The summed E-state index contributed by atoms with van der Waals surface area (Å²) in [5.41, 5.74) is -0.423. The van der Waals surface area contributed by atoms with Crippen molar-refractivity contribution in [1.82, 2.24) is 0 Å². The first-order chi connectivity index (χ1) is 7.99. The molecule has 0 spiro atoms. The number of benzene rings is 1. The molecule has 0 fully saturated rings. The summed E-state index contributed by atoms with van der Waals surface area (Å²) in [6.07, 6.45) is 0.356. The first-order valence-electron chi connectivity index (χ1n) is 4.31. The number of alkyl halides is 2. The van der Waals surface area contributed by atoms with Crippen molar-refractivity contribution in [2.75, 3.05) is 7.11 Å². The minimum absolute atomic E-state index is 0.0955. The lowest BCUT2D eigenvalue weighted by molar-refractivity contribution is -0.0504. The molecule has 17 heavy (non-hydrogen) atoms. The number of esters is 1. The summed E-state index contributed by atoms with van der Waals surface area (Å²) in [5.74, 6) is -1.33. The maximum atomic E-state index is 12.2. The number of aldehydes is 1. The van der Waals surface area contributed by atoms with E-state index in [4.69, 9.17) is 0 Å². The van der Waals surface area contributed by atoms with Gasteiger partial charge in [0.25, 0.3) is 0 Å². The molecule has 1 rings (SSSR count). The molecule has 0 atom stereocenters. The van der Waals surface area contributed by atoms with Gasteiger partial charge in [0.1, 0.15) is 11.3 Å². The number of hydrogen-bond donors (Lipinski definition) is 0. The maximum absolute atomic E-state index is 12.2. The number of ether oxygens (including phenoxy) is 2. The van der Waals surface area contributed by atoms with Crippen LogP contribution >= 0.6 is 15.9 Å². The molecule has 7 heteroatoms. The number of carbonyl (C=O) groups excluding carboxylic acids is 2. The van der Waals surface area contributed by atoms with E-state index in [1.807, 2.05) is 0 Å². The first-order valence-corrected chi connectivity index (χ1v) is 5.10. The lowest BCUT2D eigenvalue weighted by Gasteiger charge is -2.11. The Labute approximate surface area is 104 Å². The van der Waals surface area contributed by atoms with Crippen LogP contribution in [-0.4, -0.2) is 26.0 Å². The van der Waals surface area contributed by atoms with Crippen LogP contribution in [0.2, 0.25) is 0 Å². The van der Waals surface area contributed by atoms with Gasteiger partial charge in [-0.05, 0) is 12.1 Å². The summed E-state index contributed by atoms with van der Waals surface area (Å²) in [6.45, 7) is -3.10. The van der Waals surface area contributed by atoms with Gasteiger partial charge in [-0.2, -0.15) is 8.78 Å². The molecule has 0 amide bonds. The standard InChI is InChI=1S/C10H7BrF2O4/c1-16-9(15)8-5(4-14)2-6(11)3-7(8)17-10(12)13/h2-4,10H,1H3. The molecule has 92 valence electrons. The molecule has 0 bridgehead atoms. The van der Waals surface area contributed by atoms with Crippen LogP contribution in [0.5, 0.6) is 5.75 Å². The Balaban J connectivity index is 3.38. The summed E-state index contributed by atoms with van der Waals surface area (Å²) in [6, 6.07) is 2.46. The van der Waals surface area contributed by atoms with Gasteiger partial charge in [0.15, 0.2) is 6.29 Å². The number of rotatable bonds is 4. The Bertz CT molecular complexity index is 448. The second-order valence-electron chi connectivity index (χ2n) is 2.86. The Hall–Kier alpha value is -1.50. The predicted octanol–water partition coefficient (Wildman–Crippen LogP) is 2.65. The number of carbonyl (C=O) groups is 2. The van der Waals surface area contributed by atoms with Gasteiger partial charge in [0, 0.05) is 10.0 Å². The van der Waals surface area contributed by atoms with E-state index in [1.165, 1.54) is 6.07 Å². The third-order valence-electron chi connectivity index (χ3n) is 1.83. The lowest BCUT2D eigenvalue weighted by Crippen LogP contribution is -2.12. The van der Waals surface area contributed by atoms with Crippen LogP contribution in [0, 0.1) is 0 Å². The molecule has 1 aromatic rings. The highest BCUT2D eigenvalue weighted by Crippen LogP contribution is 2.29. The summed E-state index contributed by atoms with van der Waals surface area (Å²) in [5, 5.41) is 0. The zero-order valence-corrected chi connectivity index (χ0v) is 10.2. The van der Waals surface area contributed by atoms with Crippen molar-refractivity contribution < 1.29 is 27.8 Å².